The summed E-state index contributed by atoms with van der Waals surface area (Å²) in [6.45, 7) is 7.87. The number of aromatic nitrogens is 1. The van der Waals surface area contributed by atoms with Gasteiger partial charge >= 0.3 is 5.97 Å². The zero-order chi connectivity index (χ0) is 18.8. The number of hydrogen-bond donors (Lipinski definition) is 0. The highest BCUT2D eigenvalue weighted by atomic mass is 32.2. The Kier molecular flexibility index (Phi) is 5.56. The minimum Gasteiger partial charge on any atom is -0.457 e. The third kappa shape index (κ3) is 4.21. The molecule has 1 aliphatic carbocycles. The number of carbonyl (C=O) groups excluding carboxylic acids is 2. The highest BCUT2D eigenvalue weighted by Crippen LogP contribution is 2.38. The number of esters is 1. The van der Waals surface area contributed by atoms with Crippen LogP contribution >= 0.6 is 11.8 Å². The van der Waals surface area contributed by atoms with Crippen molar-refractivity contribution < 1.29 is 14.3 Å². The Labute approximate surface area is 158 Å². The van der Waals surface area contributed by atoms with Crippen LogP contribution < -0.4 is 0 Å². The van der Waals surface area contributed by atoms with Gasteiger partial charge in [-0.2, -0.15) is 0 Å². The van der Waals surface area contributed by atoms with E-state index in [1.807, 2.05) is 45.9 Å². The Morgan fingerprint density at radius 3 is 2.54 bits per heavy atom. The van der Waals surface area contributed by atoms with Gasteiger partial charge in [0.15, 0.2) is 6.61 Å². The molecular weight excluding hydrogens is 346 g/mol. The third-order valence-electron chi connectivity index (χ3n) is 4.74. The van der Waals surface area contributed by atoms with Crippen LogP contribution in [0.3, 0.4) is 0 Å². The zero-order valence-corrected chi connectivity index (χ0v) is 16.6. The molecule has 1 fully saturated rings. The summed E-state index contributed by atoms with van der Waals surface area (Å²) in [5.74, 6) is -0.285. The molecule has 0 amide bonds. The molecular formula is C21H25NO3S. The SMILES string of the molecule is Cc1ccc(SCC(=O)OCC(=O)c2cc(C)n(C3CC3)c2C)c(C)c1. The highest BCUT2D eigenvalue weighted by Gasteiger charge is 2.28. The number of ether oxygens (including phenoxy) is 1. The molecule has 2 aromatic rings. The van der Waals surface area contributed by atoms with Crippen LogP contribution in [0, 0.1) is 27.7 Å². The molecule has 1 aliphatic rings. The average Bonchev–Trinajstić information content (AvgIpc) is 3.37. The number of ketones is 1. The van der Waals surface area contributed by atoms with Crippen molar-refractivity contribution >= 4 is 23.5 Å². The van der Waals surface area contributed by atoms with E-state index in [1.165, 1.54) is 30.2 Å². The van der Waals surface area contributed by atoms with Crippen molar-refractivity contribution in [1.82, 2.24) is 4.57 Å². The first-order valence-electron chi connectivity index (χ1n) is 8.94. The van der Waals surface area contributed by atoms with Gasteiger partial charge in [-0.3, -0.25) is 9.59 Å². The molecule has 5 heteroatoms. The van der Waals surface area contributed by atoms with Crippen LogP contribution in [0.5, 0.6) is 0 Å². The lowest BCUT2D eigenvalue weighted by Crippen LogP contribution is -2.16. The lowest BCUT2D eigenvalue weighted by Gasteiger charge is -2.08. The molecule has 0 N–H and O–H groups in total. The Morgan fingerprint density at radius 1 is 1.15 bits per heavy atom. The summed E-state index contributed by atoms with van der Waals surface area (Å²) in [4.78, 5) is 25.5. The first-order valence-corrected chi connectivity index (χ1v) is 9.92. The molecule has 0 aliphatic heterocycles. The predicted octanol–water partition coefficient (Wildman–Crippen LogP) is 4.57. The van der Waals surface area contributed by atoms with Gasteiger partial charge in [-0.25, -0.2) is 0 Å². The first kappa shape index (κ1) is 18.8. The monoisotopic (exact) mass is 371 g/mol. The van der Waals surface area contributed by atoms with Crippen LogP contribution in [-0.2, 0) is 9.53 Å². The molecule has 1 saturated carbocycles. The molecule has 0 atom stereocenters. The molecule has 1 aromatic heterocycles. The van der Waals surface area contributed by atoms with Crippen LogP contribution in [-0.4, -0.2) is 28.7 Å². The molecule has 4 nitrogen and oxygen atoms in total. The van der Waals surface area contributed by atoms with Crippen molar-refractivity contribution in [2.75, 3.05) is 12.4 Å². The van der Waals surface area contributed by atoms with Crippen molar-refractivity contribution in [3.63, 3.8) is 0 Å². The smallest absolute Gasteiger partial charge is 0.316 e. The van der Waals surface area contributed by atoms with Crippen LogP contribution in [0.25, 0.3) is 0 Å². The topological polar surface area (TPSA) is 48.3 Å². The van der Waals surface area contributed by atoms with E-state index < -0.39 is 0 Å². The van der Waals surface area contributed by atoms with Crippen molar-refractivity contribution in [2.45, 2.75) is 51.5 Å². The zero-order valence-electron chi connectivity index (χ0n) is 15.8. The first-order chi connectivity index (χ1) is 12.4. The molecule has 0 bridgehead atoms. The van der Waals surface area contributed by atoms with Crippen molar-refractivity contribution in [3.05, 3.63) is 52.3 Å². The summed E-state index contributed by atoms with van der Waals surface area (Å²) in [5, 5.41) is 0. The maximum absolute atomic E-state index is 12.4. The van der Waals surface area contributed by atoms with E-state index in [0.29, 0.717) is 11.6 Å². The second kappa shape index (κ2) is 7.70. The Hall–Kier alpha value is -2.01. The number of carbonyl (C=O) groups is 2. The lowest BCUT2D eigenvalue weighted by molar-refractivity contribution is -0.139. The van der Waals surface area contributed by atoms with Crippen LogP contribution in [0.2, 0.25) is 0 Å². The van der Waals surface area contributed by atoms with E-state index in [9.17, 15) is 9.59 Å². The summed E-state index contributed by atoms with van der Waals surface area (Å²) in [5.41, 5.74) is 5.10. The minimum atomic E-state index is -0.362. The van der Waals surface area contributed by atoms with Gasteiger partial charge in [-0.1, -0.05) is 17.7 Å². The maximum atomic E-state index is 12.4. The summed E-state index contributed by atoms with van der Waals surface area (Å²) in [6, 6.07) is 8.58. The van der Waals surface area contributed by atoms with Gasteiger partial charge in [0, 0.05) is 27.9 Å². The number of thioether (sulfide) groups is 1. The average molecular weight is 372 g/mol. The highest BCUT2D eigenvalue weighted by molar-refractivity contribution is 8.00. The van der Waals surface area contributed by atoms with Gasteiger partial charge in [-0.15, -0.1) is 11.8 Å². The summed E-state index contributed by atoms with van der Waals surface area (Å²) in [7, 11) is 0. The van der Waals surface area contributed by atoms with E-state index in [1.54, 1.807) is 0 Å². The van der Waals surface area contributed by atoms with Gasteiger partial charge in [0.1, 0.15) is 0 Å². The van der Waals surface area contributed by atoms with E-state index in [2.05, 4.69) is 10.6 Å². The van der Waals surface area contributed by atoms with Crippen molar-refractivity contribution in [1.29, 1.82) is 0 Å². The normalized spacial score (nSPS) is 13.7. The molecule has 1 aromatic carbocycles. The predicted molar refractivity (Wildman–Crippen MR) is 104 cm³/mol. The number of benzene rings is 1. The van der Waals surface area contributed by atoms with Crippen molar-refractivity contribution in [3.8, 4) is 0 Å². The molecule has 26 heavy (non-hydrogen) atoms. The molecule has 0 radical (unpaired) electrons. The molecule has 0 unspecified atom stereocenters. The standard InChI is InChI=1S/C21H25NO3S/c1-13-5-8-20(14(2)9-13)26-12-21(24)25-11-19(23)18-10-15(3)22(16(18)4)17-6-7-17/h5,8-10,17H,6-7,11-12H2,1-4H3. The van der Waals surface area contributed by atoms with Gasteiger partial charge in [0.05, 0.1) is 5.75 Å². The molecule has 138 valence electrons. The van der Waals surface area contributed by atoms with Crippen LogP contribution in [0.1, 0.15) is 51.8 Å². The number of aryl methyl sites for hydroxylation is 3. The maximum Gasteiger partial charge on any atom is 0.316 e. The summed E-state index contributed by atoms with van der Waals surface area (Å²) >= 11 is 1.44. The number of nitrogens with zero attached hydrogens (tertiary/aromatic N) is 1. The molecule has 0 spiro atoms. The van der Waals surface area contributed by atoms with E-state index in [4.69, 9.17) is 4.74 Å². The second-order valence-electron chi connectivity index (χ2n) is 7.03. The van der Waals surface area contributed by atoms with Gasteiger partial charge in [0.2, 0.25) is 5.78 Å². The Morgan fingerprint density at radius 2 is 1.88 bits per heavy atom. The summed E-state index contributed by atoms with van der Waals surface area (Å²) < 4.78 is 7.43. The van der Waals surface area contributed by atoms with Gasteiger partial charge in [-0.05, 0) is 58.2 Å². The second-order valence-corrected chi connectivity index (χ2v) is 8.04. The van der Waals surface area contributed by atoms with E-state index in [-0.39, 0.29) is 24.1 Å². The Bertz CT molecular complexity index is 849. The van der Waals surface area contributed by atoms with Crippen LogP contribution in [0.4, 0.5) is 0 Å². The quantitative estimate of drug-likeness (QED) is 0.406. The van der Waals surface area contributed by atoms with Crippen molar-refractivity contribution in [2.24, 2.45) is 0 Å². The molecule has 0 saturated heterocycles. The fourth-order valence-corrected chi connectivity index (χ4v) is 4.12. The molecule has 1 heterocycles. The van der Waals surface area contributed by atoms with E-state index >= 15 is 0 Å². The minimum absolute atomic E-state index is 0.130. The fraction of sp³-hybridized carbons (Fsp3) is 0.429. The fourth-order valence-electron chi connectivity index (χ4n) is 3.32. The largest absolute Gasteiger partial charge is 0.457 e. The number of Topliss-reactive ketones (excluding diaryl/α,β-unsaturated/α-hetero) is 1. The van der Waals surface area contributed by atoms with Gasteiger partial charge in [0.25, 0.3) is 0 Å². The number of rotatable bonds is 7. The summed E-state index contributed by atoms with van der Waals surface area (Å²) in [6.07, 6.45) is 2.35. The Balaban J connectivity index is 1.53. The van der Waals surface area contributed by atoms with E-state index in [0.717, 1.165) is 21.8 Å². The molecule has 3 rings (SSSR count). The lowest BCUT2D eigenvalue weighted by atomic mass is 10.1. The number of hydrogen-bond acceptors (Lipinski definition) is 4. The van der Waals surface area contributed by atoms with Crippen LogP contribution in [0.15, 0.2) is 29.2 Å². The van der Waals surface area contributed by atoms with Gasteiger partial charge < -0.3 is 9.30 Å². The third-order valence-corrected chi connectivity index (χ3v) is 5.89.